The van der Waals surface area contributed by atoms with Crippen LogP contribution in [0.2, 0.25) is 0 Å². The maximum absolute atomic E-state index is 6.90. The minimum atomic E-state index is -0.167. The lowest BCUT2D eigenvalue weighted by Crippen LogP contribution is -2.54. The van der Waals surface area contributed by atoms with Gasteiger partial charge in [-0.2, -0.15) is 0 Å². The molecule has 8 aromatic carbocycles. The van der Waals surface area contributed by atoms with Crippen LogP contribution in [-0.4, -0.2) is 0 Å². The molecule has 0 amide bonds. The van der Waals surface area contributed by atoms with Crippen LogP contribution < -0.4 is 16.0 Å². The normalized spacial score (nSPS) is 17.6. The first-order chi connectivity index (χ1) is 26.8. The second-order valence-corrected chi connectivity index (χ2v) is 15.2. The Balaban J connectivity index is 1.05. The number of hydrogen-bond acceptors (Lipinski definition) is 5. The third kappa shape index (κ3) is 5.17. The molecule has 0 radical (unpaired) electrons. The SMILES string of the molecule is c1ccc(-c2ccc(C3NC(c4ccccc4)NC(c4cccc5oc6c(-c7cc8sc9ccccc9c8c8ccccc78)cccc6c45)N3)cc2)cc1. The van der Waals surface area contributed by atoms with Crippen molar-refractivity contribution < 1.29 is 4.42 Å². The molecule has 1 aliphatic rings. The third-order valence-electron chi connectivity index (χ3n) is 11.0. The molecule has 54 heavy (non-hydrogen) atoms. The van der Waals surface area contributed by atoms with Gasteiger partial charge in [0.05, 0.1) is 18.5 Å². The van der Waals surface area contributed by atoms with Crippen LogP contribution in [0.1, 0.15) is 35.2 Å². The Morgan fingerprint density at radius 3 is 1.81 bits per heavy atom. The van der Waals surface area contributed by atoms with Crippen molar-refractivity contribution in [1.82, 2.24) is 16.0 Å². The van der Waals surface area contributed by atoms with E-state index in [-0.39, 0.29) is 18.5 Å². The maximum Gasteiger partial charge on any atom is 0.143 e. The number of para-hydroxylation sites is 1. The first-order valence-electron chi connectivity index (χ1n) is 18.5. The van der Waals surface area contributed by atoms with Gasteiger partial charge in [-0.25, -0.2) is 0 Å². The fraction of sp³-hybridized carbons (Fsp3) is 0.0612. The molecule has 4 nitrogen and oxygen atoms in total. The molecule has 1 fully saturated rings. The number of benzene rings is 8. The van der Waals surface area contributed by atoms with Crippen LogP contribution in [0.15, 0.2) is 180 Å². The minimum Gasteiger partial charge on any atom is -0.455 e. The van der Waals surface area contributed by atoms with Crippen LogP contribution in [0.4, 0.5) is 0 Å². The molecule has 5 heteroatoms. The molecule has 1 saturated heterocycles. The first kappa shape index (κ1) is 31.4. The molecule has 0 saturated carbocycles. The standard InChI is InChI=1S/C49H35N3OS/c1-3-13-30(14-4-1)31-25-27-33(28-26-31)48-50-47(32-15-5-2-6-16-32)51-49(52-48)39-22-12-23-41-44(39)38-21-11-20-36(46(38)53-41)40-29-43-45(35-18-8-7-17-34(35)40)37-19-9-10-24-42(37)54-43/h1-29,47-52H. The summed E-state index contributed by atoms with van der Waals surface area (Å²) in [6.45, 7) is 0. The zero-order valence-electron chi connectivity index (χ0n) is 29.3. The van der Waals surface area contributed by atoms with Crippen LogP contribution in [0.3, 0.4) is 0 Å². The predicted molar refractivity (Wildman–Crippen MR) is 226 cm³/mol. The Morgan fingerprint density at radius 2 is 1.02 bits per heavy atom. The van der Waals surface area contributed by atoms with E-state index in [0.717, 1.165) is 33.1 Å². The average Bonchev–Trinajstić information content (AvgIpc) is 3.83. The monoisotopic (exact) mass is 713 g/mol. The molecule has 3 N–H and O–H groups in total. The number of thiophene rings is 1. The molecule has 3 unspecified atom stereocenters. The Bertz CT molecular complexity index is 2990. The highest BCUT2D eigenvalue weighted by atomic mass is 32.1. The summed E-state index contributed by atoms with van der Waals surface area (Å²) in [5.41, 5.74) is 10.0. The second-order valence-electron chi connectivity index (χ2n) is 14.1. The van der Waals surface area contributed by atoms with E-state index in [9.17, 15) is 0 Å². The third-order valence-corrected chi connectivity index (χ3v) is 12.1. The summed E-state index contributed by atoms with van der Waals surface area (Å²) in [5.74, 6) is 0. The molecule has 0 spiro atoms. The number of rotatable bonds is 5. The van der Waals surface area contributed by atoms with Gasteiger partial charge in [0.2, 0.25) is 0 Å². The van der Waals surface area contributed by atoms with Crippen LogP contribution in [0, 0.1) is 0 Å². The molecule has 0 bridgehead atoms. The van der Waals surface area contributed by atoms with Crippen molar-refractivity contribution in [3.05, 3.63) is 193 Å². The minimum absolute atomic E-state index is 0.0837. The van der Waals surface area contributed by atoms with Gasteiger partial charge in [0.25, 0.3) is 0 Å². The van der Waals surface area contributed by atoms with Gasteiger partial charge in [-0.05, 0) is 62.4 Å². The van der Waals surface area contributed by atoms with Crippen LogP contribution >= 0.6 is 11.3 Å². The average molecular weight is 714 g/mol. The molecular formula is C49H35N3OS. The largest absolute Gasteiger partial charge is 0.455 e. The summed E-state index contributed by atoms with van der Waals surface area (Å²) in [6.07, 6.45) is -0.353. The lowest BCUT2D eigenvalue weighted by atomic mass is 9.93. The topological polar surface area (TPSA) is 49.2 Å². The van der Waals surface area contributed by atoms with E-state index >= 15 is 0 Å². The van der Waals surface area contributed by atoms with E-state index in [1.54, 1.807) is 0 Å². The summed E-state index contributed by atoms with van der Waals surface area (Å²) in [6, 6.07) is 63.1. The second kappa shape index (κ2) is 12.8. The van der Waals surface area contributed by atoms with E-state index in [4.69, 9.17) is 4.42 Å². The zero-order valence-corrected chi connectivity index (χ0v) is 30.1. The smallest absolute Gasteiger partial charge is 0.143 e. The van der Waals surface area contributed by atoms with Gasteiger partial charge in [0.15, 0.2) is 0 Å². The van der Waals surface area contributed by atoms with Gasteiger partial charge >= 0.3 is 0 Å². The fourth-order valence-electron chi connectivity index (χ4n) is 8.49. The number of nitrogens with one attached hydrogen (secondary N) is 3. The van der Waals surface area contributed by atoms with Gasteiger partial charge in [0.1, 0.15) is 11.2 Å². The van der Waals surface area contributed by atoms with Gasteiger partial charge in [-0.1, -0.05) is 158 Å². The Kier molecular flexibility index (Phi) is 7.45. The summed E-state index contributed by atoms with van der Waals surface area (Å²) < 4.78 is 9.50. The molecular weight excluding hydrogens is 679 g/mol. The summed E-state index contributed by atoms with van der Waals surface area (Å²) >= 11 is 1.86. The molecule has 0 aliphatic carbocycles. The maximum atomic E-state index is 6.90. The Labute approximate surface area is 316 Å². The van der Waals surface area contributed by atoms with Crippen molar-refractivity contribution in [3.8, 4) is 22.3 Å². The summed E-state index contributed by atoms with van der Waals surface area (Å²) in [7, 11) is 0. The van der Waals surface area contributed by atoms with Gasteiger partial charge in [0, 0.05) is 36.5 Å². The summed E-state index contributed by atoms with van der Waals surface area (Å²) in [4.78, 5) is 0. The Morgan fingerprint density at radius 1 is 0.407 bits per heavy atom. The predicted octanol–water partition coefficient (Wildman–Crippen LogP) is 12.6. The highest BCUT2D eigenvalue weighted by Gasteiger charge is 2.31. The lowest BCUT2D eigenvalue weighted by molar-refractivity contribution is 0.204. The van der Waals surface area contributed by atoms with Crippen molar-refractivity contribution in [2.24, 2.45) is 0 Å². The molecule has 258 valence electrons. The number of hydrogen-bond donors (Lipinski definition) is 3. The van der Waals surface area contributed by atoms with Gasteiger partial charge in [-0.15, -0.1) is 11.3 Å². The van der Waals surface area contributed by atoms with Crippen molar-refractivity contribution in [1.29, 1.82) is 0 Å². The van der Waals surface area contributed by atoms with E-state index in [2.05, 4.69) is 192 Å². The molecule has 3 atom stereocenters. The van der Waals surface area contributed by atoms with Crippen molar-refractivity contribution >= 4 is 64.2 Å². The van der Waals surface area contributed by atoms with Gasteiger partial charge < -0.3 is 4.42 Å². The van der Waals surface area contributed by atoms with Crippen LogP contribution in [-0.2, 0) is 0 Å². The molecule has 10 aromatic rings. The van der Waals surface area contributed by atoms with Crippen molar-refractivity contribution in [2.45, 2.75) is 18.5 Å². The highest BCUT2D eigenvalue weighted by Crippen LogP contribution is 2.46. The van der Waals surface area contributed by atoms with E-state index in [0.29, 0.717) is 0 Å². The quantitative estimate of drug-likeness (QED) is 0.166. The van der Waals surface area contributed by atoms with E-state index in [1.165, 1.54) is 58.8 Å². The molecule has 11 rings (SSSR count). The molecule has 1 aliphatic heterocycles. The van der Waals surface area contributed by atoms with E-state index < -0.39 is 0 Å². The zero-order chi connectivity index (χ0) is 35.6. The van der Waals surface area contributed by atoms with Gasteiger partial charge in [-0.3, -0.25) is 16.0 Å². The first-order valence-corrected chi connectivity index (χ1v) is 19.3. The van der Waals surface area contributed by atoms with Crippen molar-refractivity contribution in [2.75, 3.05) is 0 Å². The van der Waals surface area contributed by atoms with Crippen molar-refractivity contribution in [3.63, 3.8) is 0 Å². The highest BCUT2D eigenvalue weighted by molar-refractivity contribution is 7.26. The Hall–Kier alpha value is -6.08. The summed E-state index contributed by atoms with van der Waals surface area (Å²) in [5, 5.41) is 19.1. The number of fused-ring (bicyclic) bond motifs is 8. The lowest BCUT2D eigenvalue weighted by Gasteiger charge is -2.40. The molecule has 2 aromatic heterocycles. The number of furan rings is 1. The van der Waals surface area contributed by atoms with Crippen LogP contribution in [0.5, 0.6) is 0 Å². The van der Waals surface area contributed by atoms with E-state index in [1.807, 2.05) is 11.3 Å². The fourth-order valence-corrected chi connectivity index (χ4v) is 9.65. The van der Waals surface area contributed by atoms with Crippen LogP contribution in [0.25, 0.3) is 75.1 Å². The molecule has 3 heterocycles.